The summed E-state index contributed by atoms with van der Waals surface area (Å²) in [5, 5.41) is 9.73. The number of hydrogen-bond acceptors (Lipinski definition) is 6. The smallest absolute Gasteiger partial charge is 0.286 e. The maximum atomic E-state index is 13.7. The highest BCUT2D eigenvalue weighted by Gasteiger charge is 2.46. The SMILES string of the molecule is C#C.Fc1ccc2c(c1F)CSC1=C(C=CCC1)C2.O=C1c2c(O)c(=O)ccn2N[C@@H]2CO[C@H](C(F)(F)P)CN12. The van der Waals surface area contributed by atoms with Crippen LogP contribution in [-0.2, 0) is 16.9 Å². The molecule has 13 heteroatoms. The number of fused-ring (bicyclic) bond motifs is 3. The van der Waals surface area contributed by atoms with E-state index in [1.54, 1.807) is 17.8 Å². The number of carbonyl (C=O) groups is 1. The molecule has 1 saturated heterocycles. The number of carbonyl (C=O) groups excluding carboxylic acids is 1. The summed E-state index contributed by atoms with van der Waals surface area (Å²) in [4.78, 5) is 26.2. The quantitative estimate of drug-likeness (QED) is 0.290. The molecular formula is C27H26F4N3O4PS. The van der Waals surface area contributed by atoms with Crippen LogP contribution in [0.4, 0.5) is 17.6 Å². The van der Waals surface area contributed by atoms with E-state index < -0.39 is 46.7 Å². The van der Waals surface area contributed by atoms with Crippen LogP contribution in [0.3, 0.4) is 0 Å². The van der Waals surface area contributed by atoms with Crippen molar-refractivity contribution >= 4 is 26.9 Å². The van der Waals surface area contributed by atoms with Gasteiger partial charge in [0.05, 0.1) is 13.2 Å². The van der Waals surface area contributed by atoms with Gasteiger partial charge in [0.2, 0.25) is 5.43 Å². The summed E-state index contributed by atoms with van der Waals surface area (Å²) < 4.78 is 59.8. The molecule has 0 radical (unpaired) electrons. The van der Waals surface area contributed by atoms with Gasteiger partial charge in [0, 0.05) is 23.6 Å². The maximum absolute atomic E-state index is 13.7. The molecule has 0 saturated carbocycles. The monoisotopic (exact) mass is 595 g/mol. The van der Waals surface area contributed by atoms with Gasteiger partial charge in [-0.15, -0.1) is 24.6 Å². The van der Waals surface area contributed by atoms with Gasteiger partial charge >= 0.3 is 0 Å². The van der Waals surface area contributed by atoms with E-state index in [9.17, 15) is 32.3 Å². The highest BCUT2D eigenvalue weighted by atomic mass is 32.2. The van der Waals surface area contributed by atoms with E-state index in [0.717, 1.165) is 35.8 Å². The molecule has 1 fully saturated rings. The Hall–Kier alpha value is -3.26. The molecule has 2 N–H and O–H groups in total. The largest absolute Gasteiger partial charge is 0.502 e. The van der Waals surface area contributed by atoms with Crippen molar-refractivity contribution in [2.75, 3.05) is 18.6 Å². The molecule has 4 heterocycles. The first-order valence-corrected chi connectivity index (χ1v) is 13.7. The van der Waals surface area contributed by atoms with Crippen molar-refractivity contribution in [3.05, 3.63) is 85.7 Å². The van der Waals surface area contributed by atoms with E-state index in [1.165, 1.54) is 36.7 Å². The van der Waals surface area contributed by atoms with Crippen LogP contribution in [-0.4, -0.2) is 51.7 Å². The molecule has 6 rings (SSSR count). The Morgan fingerprint density at radius 1 is 1.20 bits per heavy atom. The Morgan fingerprint density at radius 2 is 1.95 bits per heavy atom. The van der Waals surface area contributed by atoms with Crippen LogP contribution in [0.15, 0.2) is 51.8 Å². The number of alkyl halides is 2. The molecule has 2 aromatic rings. The first-order chi connectivity index (χ1) is 19.0. The number of hydrogen-bond donors (Lipinski definition) is 2. The zero-order chi connectivity index (χ0) is 29.2. The second kappa shape index (κ2) is 12.1. The van der Waals surface area contributed by atoms with Crippen molar-refractivity contribution < 1.29 is 32.2 Å². The standard InChI is InChI=1S/C14H12F2S.C11H12F2N3O4P.C2H2/c15-12-6-5-9-7-10-3-1-2-4-13(10)17-8-11(9)14(12)16;12-11(13,21)6-3-15-7(4-20-6)14-16-2-1-5(17)9(18)8(16)10(15)19;1-2/h1,3,5-6H,2,4,7-8H2;1-2,6-7,14,18H,3-4,21H2;1-2H/t;6-,7-;/m.0./s1. The number of benzene rings is 1. The minimum atomic E-state index is -3.18. The molecule has 3 aliphatic heterocycles. The number of aromatic hydroxyl groups is 1. The van der Waals surface area contributed by atoms with Crippen molar-refractivity contribution in [3.8, 4) is 18.6 Å². The number of allylic oxidation sites excluding steroid dienone is 4. The topological polar surface area (TPSA) is 83.8 Å². The van der Waals surface area contributed by atoms with Crippen molar-refractivity contribution in [2.45, 2.75) is 42.9 Å². The van der Waals surface area contributed by atoms with Gasteiger partial charge in [0.25, 0.3) is 11.6 Å². The van der Waals surface area contributed by atoms with Crippen molar-refractivity contribution in [3.63, 3.8) is 0 Å². The Morgan fingerprint density at radius 3 is 2.67 bits per heavy atom. The fraction of sp³-hybridized carbons (Fsp3) is 0.333. The summed E-state index contributed by atoms with van der Waals surface area (Å²) in [6, 6.07) is 4.04. The number of amides is 1. The van der Waals surface area contributed by atoms with E-state index in [0.29, 0.717) is 11.3 Å². The molecule has 3 atom stereocenters. The third-order valence-corrected chi connectivity index (χ3v) is 8.35. The lowest BCUT2D eigenvalue weighted by Crippen LogP contribution is -2.63. The van der Waals surface area contributed by atoms with Crippen molar-refractivity contribution in [1.29, 1.82) is 0 Å². The molecule has 40 heavy (non-hydrogen) atoms. The molecule has 1 amide bonds. The zero-order valence-corrected chi connectivity index (χ0v) is 23.1. The normalized spacial score (nSPS) is 21.2. The van der Waals surface area contributed by atoms with Gasteiger partial charge in [-0.25, -0.2) is 8.78 Å². The summed E-state index contributed by atoms with van der Waals surface area (Å²) in [5.41, 5.74) is 1.39. The summed E-state index contributed by atoms with van der Waals surface area (Å²) in [6.07, 6.45) is 14.3. The Kier molecular flexibility index (Phi) is 8.98. The average Bonchev–Trinajstić information content (AvgIpc) is 3.13. The Bertz CT molecular complexity index is 1450. The molecule has 0 bridgehead atoms. The maximum Gasteiger partial charge on any atom is 0.286 e. The molecule has 4 aliphatic rings. The molecule has 1 aromatic carbocycles. The Balaban J connectivity index is 0.000000177. The lowest BCUT2D eigenvalue weighted by molar-refractivity contribution is -0.128. The number of nitrogens with zero attached hydrogens (tertiary/aromatic N) is 2. The zero-order valence-electron chi connectivity index (χ0n) is 21.1. The van der Waals surface area contributed by atoms with Gasteiger partial charge in [-0.05, 0) is 41.4 Å². The van der Waals surface area contributed by atoms with Crippen LogP contribution in [0.25, 0.3) is 0 Å². The predicted octanol–water partition coefficient (Wildman–Crippen LogP) is 4.35. The van der Waals surface area contributed by atoms with Gasteiger partial charge in [0.1, 0.15) is 12.3 Å². The van der Waals surface area contributed by atoms with E-state index in [-0.39, 0.29) is 18.8 Å². The highest BCUT2D eigenvalue weighted by Crippen LogP contribution is 2.38. The van der Waals surface area contributed by atoms with E-state index in [4.69, 9.17) is 4.74 Å². The van der Waals surface area contributed by atoms with Gasteiger partial charge < -0.3 is 20.2 Å². The van der Waals surface area contributed by atoms with Crippen LogP contribution < -0.4 is 10.9 Å². The first kappa shape index (κ1) is 29.7. The van der Waals surface area contributed by atoms with Crippen LogP contribution in [0.5, 0.6) is 5.75 Å². The molecular weight excluding hydrogens is 569 g/mol. The number of rotatable bonds is 1. The molecule has 1 aliphatic carbocycles. The lowest BCUT2D eigenvalue weighted by Gasteiger charge is -2.44. The van der Waals surface area contributed by atoms with Crippen LogP contribution in [0.2, 0.25) is 0 Å². The number of terminal acetylenes is 1. The second-order valence-electron chi connectivity index (χ2n) is 9.20. The minimum Gasteiger partial charge on any atom is -0.502 e. The molecule has 1 unspecified atom stereocenters. The molecule has 7 nitrogen and oxygen atoms in total. The summed E-state index contributed by atoms with van der Waals surface area (Å²) in [7, 11) is 1.38. The lowest BCUT2D eigenvalue weighted by atomic mass is 9.96. The van der Waals surface area contributed by atoms with E-state index >= 15 is 0 Å². The number of thioether (sulfide) groups is 1. The number of morpholine rings is 1. The minimum absolute atomic E-state index is 0.132. The third-order valence-electron chi connectivity index (χ3n) is 6.73. The van der Waals surface area contributed by atoms with Crippen molar-refractivity contribution in [1.82, 2.24) is 9.58 Å². The molecule has 212 valence electrons. The number of ether oxygens (including phenoxy) is 1. The predicted molar refractivity (Wildman–Crippen MR) is 148 cm³/mol. The summed E-state index contributed by atoms with van der Waals surface area (Å²) >= 11 is 1.66. The second-order valence-corrected chi connectivity index (χ2v) is 11.0. The summed E-state index contributed by atoms with van der Waals surface area (Å²) in [5.74, 6) is -2.27. The number of nitrogens with one attached hydrogen (secondary N) is 1. The van der Waals surface area contributed by atoms with Gasteiger partial charge in [-0.3, -0.25) is 14.3 Å². The highest BCUT2D eigenvalue weighted by molar-refractivity contribution is 8.02. The van der Waals surface area contributed by atoms with E-state index in [1.807, 2.05) is 0 Å². The van der Waals surface area contributed by atoms with Crippen LogP contribution in [0.1, 0.15) is 34.5 Å². The van der Waals surface area contributed by atoms with Crippen LogP contribution >= 0.6 is 21.0 Å². The molecule has 1 aromatic heterocycles. The van der Waals surface area contributed by atoms with E-state index in [2.05, 4.69) is 30.4 Å². The van der Waals surface area contributed by atoms with Crippen molar-refractivity contribution in [2.24, 2.45) is 0 Å². The van der Waals surface area contributed by atoms with Gasteiger partial charge in [-0.1, -0.05) is 27.5 Å². The number of pyridine rings is 1. The van der Waals surface area contributed by atoms with Gasteiger partial charge in [0.15, 0.2) is 23.1 Å². The van der Waals surface area contributed by atoms with Crippen LogP contribution in [0, 0.1) is 24.5 Å². The fourth-order valence-corrected chi connectivity index (χ4v) is 6.11. The first-order valence-electron chi connectivity index (χ1n) is 12.2. The number of aromatic nitrogens is 1. The average molecular weight is 596 g/mol. The molecule has 0 spiro atoms. The third kappa shape index (κ3) is 5.92. The summed E-state index contributed by atoms with van der Waals surface area (Å²) in [6.45, 7) is -0.484. The number of halogens is 4. The van der Waals surface area contributed by atoms with Gasteiger partial charge in [-0.2, -0.15) is 8.78 Å². The fourth-order valence-electron chi connectivity index (χ4n) is 4.69. The Labute approximate surface area is 234 Å².